The lowest BCUT2D eigenvalue weighted by molar-refractivity contribution is 0.0755. The minimum Gasteiger partial charge on any atom is -0.385 e. The minimum absolute atomic E-state index is 0.0676. The highest BCUT2D eigenvalue weighted by Gasteiger charge is 2.13. The molecule has 88 valence electrons. The highest BCUT2D eigenvalue weighted by atomic mass is 16.2. The van der Waals surface area contributed by atoms with Crippen LogP contribution < -0.4 is 5.32 Å². The molecule has 0 bridgehead atoms. The zero-order valence-electron chi connectivity index (χ0n) is 10.4. The fraction of sp³-hybridized carbons (Fsp3) is 0.462. The molecule has 3 heteroatoms. The van der Waals surface area contributed by atoms with Crippen molar-refractivity contribution in [2.24, 2.45) is 0 Å². The Kier molecular flexibility index (Phi) is 4.35. The van der Waals surface area contributed by atoms with Gasteiger partial charge in [-0.15, -0.1) is 0 Å². The van der Waals surface area contributed by atoms with Gasteiger partial charge in [0, 0.05) is 30.9 Å². The highest BCUT2D eigenvalue weighted by molar-refractivity contribution is 5.94. The van der Waals surface area contributed by atoms with Gasteiger partial charge in [-0.05, 0) is 45.0 Å². The molecule has 1 N–H and O–H groups in total. The number of carbonyl (C=O) groups is 1. The predicted molar refractivity (Wildman–Crippen MR) is 67.8 cm³/mol. The van der Waals surface area contributed by atoms with Gasteiger partial charge in [0.1, 0.15) is 0 Å². The van der Waals surface area contributed by atoms with E-state index in [4.69, 9.17) is 0 Å². The van der Waals surface area contributed by atoms with Crippen molar-refractivity contribution in [1.82, 2.24) is 4.90 Å². The SMILES string of the molecule is CCNc1ccc(C(=O)N(C)C(C)C)cc1. The Labute approximate surface area is 97.5 Å². The first-order chi connectivity index (χ1) is 7.56. The maximum absolute atomic E-state index is 12.0. The smallest absolute Gasteiger partial charge is 0.253 e. The molecule has 0 fully saturated rings. The van der Waals surface area contributed by atoms with Crippen LogP contribution in [0.5, 0.6) is 0 Å². The van der Waals surface area contributed by atoms with Crippen molar-refractivity contribution < 1.29 is 4.79 Å². The third-order valence-electron chi connectivity index (χ3n) is 2.61. The summed E-state index contributed by atoms with van der Waals surface area (Å²) in [5, 5.41) is 3.20. The second-order valence-corrected chi connectivity index (χ2v) is 4.12. The second-order valence-electron chi connectivity index (χ2n) is 4.12. The van der Waals surface area contributed by atoms with Gasteiger partial charge in [0.15, 0.2) is 0 Å². The van der Waals surface area contributed by atoms with Crippen molar-refractivity contribution in [2.75, 3.05) is 18.9 Å². The maximum Gasteiger partial charge on any atom is 0.253 e. The molecule has 0 atom stereocenters. The molecule has 1 aromatic rings. The molecule has 16 heavy (non-hydrogen) atoms. The Bertz CT molecular complexity index is 343. The molecular weight excluding hydrogens is 200 g/mol. The van der Waals surface area contributed by atoms with Gasteiger partial charge >= 0.3 is 0 Å². The summed E-state index contributed by atoms with van der Waals surface area (Å²) in [5.41, 5.74) is 1.78. The van der Waals surface area contributed by atoms with Crippen LogP contribution in [0.3, 0.4) is 0 Å². The molecule has 0 aromatic heterocycles. The molecule has 1 rings (SSSR count). The van der Waals surface area contributed by atoms with E-state index in [9.17, 15) is 4.79 Å². The number of nitrogens with one attached hydrogen (secondary N) is 1. The Hall–Kier alpha value is -1.51. The van der Waals surface area contributed by atoms with Crippen LogP contribution in [-0.4, -0.2) is 30.4 Å². The summed E-state index contributed by atoms with van der Waals surface area (Å²) in [6.45, 7) is 6.95. The van der Waals surface area contributed by atoms with Crippen molar-refractivity contribution in [1.29, 1.82) is 0 Å². The number of benzene rings is 1. The quantitative estimate of drug-likeness (QED) is 0.846. The van der Waals surface area contributed by atoms with E-state index in [0.29, 0.717) is 0 Å². The van der Waals surface area contributed by atoms with E-state index in [1.807, 2.05) is 52.1 Å². The second kappa shape index (κ2) is 5.54. The summed E-state index contributed by atoms with van der Waals surface area (Å²) < 4.78 is 0. The summed E-state index contributed by atoms with van der Waals surface area (Å²) in [6.07, 6.45) is 0. The van der Waals surface area contributed by atoms with Crippen LogP contribution in [0.15, 0.2) is 24.3 Å². The van der Waals surface area contributed by atoms with Gasteiger partial charge in [-0.1, -0.05) is 0 Å². The van der Waals surface area contributed by atoms with Crippen LogP contribution in [0.25, 0.3) is 0 Å². The van der Waals surface area contributed by atoms with Crippen LogP contribution in [0.2, 0.25) is 0 Å². The summed E-state index contributed by atoms with van der Waals surface area (Å²) in [4.78, 5) is 13.7. The van der Waals surface area contributed by atoms with Crippen molar-refractivity contribution in [3.8, 4) is 0 Å². The van der Waals surface area contributed by atoms with Crippen molar-refractivity contribution in [2.45, 2.75) is 26.8 Å². The van der Waals surface area contributed by atoms with E-state index in [1.165, 1.54) is 0 Å². The van der Waals surface area contributed by atoms with Gasteiger partial charge in [-0.25, -0.2) is 0 Å². The maximum atomic E-state index is 12.0. The molecule has 1 aromatic carbocycles. The van der Waals surface area contributed by atoms with E-state index >= 15 is 0 Å². The first kappa shape index (κ1) is 12.6. The number of carbonyl (C=O) groups excluding carboxylic acids is 1. The Balaban J connectivity index is 2.77. The predicted octanol–water partition coefficient (Wildman–Crippen LogP) is 2.60. The minimum atomic E-state index is 0.0676. The lowest BCUT2D eigenvalue weighted by atomic mass is 10.1. The van der Waals surface area contributed by atoms with Gasteiger partial charge in [0.2, 0.25) is 0 Å². The normalized spacial score (nSPS) is 10.3. The number of rotatable bonds is 4. The molecule has 0 saturated carbocycles. The zero-order valence-corrected chi connectivity index (χ0v) is 10.4. The van der Waals surface area contributed by atoms with E-state index in [2.05, 4.69) is 5.32 Å². The van der Waals surface area contributed by atoms with Crippen molar-refractivity contribution in [3.05, 3.63) is 29.8 Å². The van der Waals surface area contributed by atoms with Crippen LogP contribution in [0, 0.1) is 0 Å². The summed E-state index contributed by atoms with van der Waals surface area (Å²) in [6, 6.07) is 7.81. The van der Waals surface area contributed by atoms with Crippen LogP contribution in [0.4, 0.5) is 5.69 Å². The average Bonchev–Trinajstić information content (AvgIpc) is 2.28. The topological polar surface area (TPSA) is 32.3 Å². The standard InChI is InChI=1S/C13H20N2O/c1-5-14-12-8-6-11(7-9-12)13(16)15(4)10(2)3/h6-10,14H,5H2,1-4H3. The lowest BCUT2D eigenvalue weighted by Crippen LogP contribution is -2.32. The number of hydrogen-bond acceptors (Lipinski definition) is 2. The lowest BCUT2D eigenvalue weighted by Gasteiger charge is -2.21. The monoisotopic (exact) mass is 220 g/mol. The highest BCUT2D eigenvalue weighted by Crippen LogP contribution is 2.11. The Morgan fingerprint density at radius 3 is 2.31 bits per heavy atom. The van der Waals surface area contributed by atoms with Gasteiger partial charge in [-0.2, -0.15) is 0 Å². The third-order valence-corrected chi connectivity index (χ3v) is 2.61. The molecule has 1 amide bonds. The summed E-state index contributed by atoms with van der Waals surface area (Å²) >= 11 is 0. The van der Waals surface area contributed by atoms with Crippen LogP contribution in [0.1, 0.15) is 31.1 Å². The van der Waals surface area contributed by atoms with Crippen LogP contribution in [-0.2, 0) is 0 Å². The molecule has 0 heterocycles. The van der Waals surface area contributed by atoms with Gasteiger partial charge in [-0.3, -0.25) is 4.79 Å². The molecule has 0 aliphatic heterocycles. The van der Waals surface area contributed by atoms with E-state index < -0.39 is 0 Å². The van der Waals surface area contributed by atoms with Gasteiger partial charge in [0.05, 0.1) is 0 Å². The number of anilines is 1. The molecule has 0 aliphatic carbocycles. The summed E-state index contributed by atoms with van der Waals surface area (Å²) in [7, 11) is 1.82. The Morgan fingerprint density at radius 1 is 1.31 bits per heavy atom. The molecule has 0 unspecified atom stereocenters. The fourth-order valence-electron chi connectivity index (χ4n) is 1.37. The van der Waals surface area contributed by atoms with E-state index in [1.54, 1.807) is 4.90 Å². The Morgan fingerprint density at radius 2 is 1.88 bits per heavy atom. The molecule has 3 nitrogen and oxygen atoms in total. The largest absolute Gasteiger partial charge is 0.385 e. The fourth-order valence-corrected chi connectivity index (χ4v) is 1.37. The first-order valence-corrected chi connectivity index (χ1v) is 5.67. The number of amides is 1. The number of hydrogen-bond donors (Lipinski definition) is 1. The third kappa shape index (κ3) is 2.99. The first-order valence-electron chi connectivity index (χ1n) is 5.67. The molecule has 0 aliphatic rings. The number of nitrogens with zero attached hydrogens (tertiary/aromatic N) is 1. The summed E-state index contributed by atoms with van der Waals surface area (Å²) in [5.74, 6) is 0.0676. The average molecular weight is 220 g/mol. The molecule has 0 radical (unpaired) electrons. The van der Waals surface area contributed by atoms with Crippen molar-refractivity contribution in [3.63, 3.8) is 0 Å². The van der Waals surface area contributed by atoms with Crippen molar-refractivity contribution >= 4 is 11.6 Å². The van der Waals surface area contributed by atoms with Gasteiger partial charge in [0.25, 0.3) is 5.91 Å². The molecular formula is C13H20N2O. The molecule has 0 saturated heterocycles. The van der Waals surface area contributed by atoms with E-state index in [0.717, 1.165) is 17.8 Å². The molecule has 0 spiro atoms. The zero-order chi connectivity index (χ0) is 12.1. The van der Waals surface area contributed by atoms with Gasteiger partial charge < -0.3 is 10.2 Å². The van der Waals surface area contributed by atoms with E-state index in [-0.39, 0.29) is 11.9 Å². The van der Waals surface area contributed by atoms with Crippen LogP contribution >= 0.6 is 0 Å².